The maximum atomic E-state index is 11.8. The molecule has 0 aliphatic rings. The van der Waals surface area contributed by atoms with Gasteiger partial charge in [0.25, 0.3) is 0 Å². The number of amides is 1. The summed E-state index contributed by atoms with van der Waals surface area (Å²) in [5.74, 6) is -0.0860. The van der Waals surface area contributed by atoms with Crippen LogP contribution >= 0.6 is 0 Å². The van der Waals surface area contributed by atoms with Crippen LogP contribution in [-0.4, -0.2) is 19.1 Å². The first-order chi connectivity index (χ1) is 9.92. The molecule has 4 nitrogen and oxygen atoms in total. The molecule has 1 rings (SSSR count). The van der Waals surface area contributed by atoms with Crippen LogP contribution in [0.25, 0.3) is 0 Å². The van der Waals surface area contributed by atoms with E-state index in [0.717, 1.165) is 13.0 Å². The number of carbonyl (C=O) groups is 1. The standard InChI is InChI=1S/C17H24N2O2/c1-17(2,3)10-12-21-11-6-9-16(20)19-15-8-5-4-7-14(15)13-18/h4-5,7-8H,6,9-12H2,1-3H3,(H,19,20). The van der Waals surface area contributed by atoms with Crippen LogP contribution in [0, 0.1) is 16.7 Å². The molecule has 0 saturated carbocycles. The average molecular weight is 288 g/mol. The summed E-state index contributed by atoms with van der Waals surface area (Å²) in [6, 6.07) is 9.05. The molecule has 0 unspecified atom stereocenters. The predicted molar refractivity (Wildman–Crippen MR) is 83.9 cm³/mol. The maximum absolute atomic E-state index is 11.8. The van der Waals surface area contributed by atoms with E-state index in [1.165, 1.54) is 0 Å². The summed E-state index contributed by atoms with van der Waals surface area (Å²) in [5.41, 5.74) is 1.32. The molecule has 0 spiro atoms. The molecule has 0 aliphatic carbocycles. The summed E-state index contributed by atoms with van der Waals surface area (Å²) < 4.78 is 5.52. The normalized spacial score (nSPS) is 11.0. The Kier molecular flexibility index (Phi) is 6.90. The van der Waals surface area contributed by atoms with Crippen molar-refractivity contribution in [3.05, 3.63) is 29.8 Å². The van der Waals surface area contributed by atoms with Gasteiger partial charge in [-0.3, -0.25) is 4.79 Å². The molecule has 0 fully saturated rings. The van der Waals surface area contributed by atoms with Gasteiger partial charge in [0.1, 0.15) is 6.07 Å². The number of nitrogens with zero attached hydrogens (tertiary/aromatic N) is 1. The van der Waals surface area contributed by atoms with Crippen LogP contribution in [0.15, 0.2) is 24.3 Å². The Labute approximate surface area is 127 Å². The molecule has 1 aromatic rings. The molecule has 1 aromatic carbocycles. The minimum atomic E-state index is -0.0860. The number of carbonyl (C=O) groups excluding carboxylic acids is 1. The van der Waals surface area contributed by atoms with Gasteiger partial charge in [0.05, 0.1) is 11.3 Å². The van der Waals surface area contributed by atoms with E-state index in [0.29, 0.717) is 30.7 Å². The largest absolute Gasteiger partial charge is 0.381 e. The Morgan fingerprint density at radius 2 is 2.00 bits per heavy atom. The van der Waals surface area contributed by atoms with Gasteiger partial charge in [0, 0.05) is 19.6 Å². The lowest BCUT2D eigenvalue weighted by molar-refractivity contribution is -0.116. The van der Waals surface area contributed by atoms with Crippen molar-refractivity contribution in [3.8, 4) is 6.07 Å². The number of para-hydroxylation sites is 1. The fourth-order valence-corrected chi connectivity index (χ4v) is 1.72. The number of benzene rings is 1. The Balaban J connectivity index is 2.22. The van der Waals surface area contributed by atoms with Crippen LogP contribution in [0.1, 0.15) is 45.6 Å². The number of rotatable bonds is 7. The summed E-state index contributed by atoms with van der Waals surface area (Å²) in [4.78, 5) is 11.8. The zero-order chi connectivity index (χ0) is 15.7. The minimum absolute atomic E-state index is 0.0860. The van der Waals surface area contributed by atoms with Crippen LogP contribution in [0.3, 0.4) is 0 Å². The van der Waals surface area contributed by atoms with Gasteiger partial charge in [0.15, 0.2) is 0 Å². The number of anilines is 1. The molecular formula is C17H24N2O2. The first-order valence-electron chi connectivity index (χ1n) is 7.29. The van der Waals surface area contributed by atoms with Crippen LogP contribution in [0.2, 0.25) is 0 Å². The van der Waals surface area contributed by atoms with Crippen molar-refractivity contribution in [2.24, 2.45) is 5.41 Å². The molecule has 0 atom stereocenters. The molecule has 4 heteroatoms. The van der Waals surface area contributed by atoms with Gasteiger partial charge in [-0.2, -0.15) is 5.26 Å². The number of nitriles is 1. The van der Waals surface area contributed by atoms with Crippen LogP contribution in [-0.2, 0) is 9.53 Å². The fourth-order valence-electron chi connectivity index (χ4n) is 1.72. The Hall–Kier alpha value is -1.86. The Bertz CT molecular complexity index is 498. The van der Waals surface area contributed by atoms with Crippen LogP contribution < -0.4 is 5.32 Å². The molecule has 0 saturated heterocycles. The lowest BCUT2D eigenvalue weighted by Gasteiger charge is -2.17. The molecule has 0 radical (unpaired) electrons. The first-order valence-corrected chi connectivity index (χ1v) is 7.29. The number of nitrogens with one attached hydrogen (secondary N) is 1. The number of ether oxygens (including phenoxy) is 1. The van der Waals surface area contributed by atoms with Gasteiger partial charge in [0.2, 0.25) is 5.91 Å². The first kappa shape index (κ1) is 17.2. The van der Waals surface area contributed by atoms with Crippen molar-refractivity contribution in [2.75, 3.05) is 18.5 Å². The van der Waals surface area contributed by atoms with E-state index in [9.17, 15) is 4.79 Å². The lowest BCUT2D eigenvalue weighted by Crippen LogP contribution is -2.14. The summed E-state index contributed by atoms with van der Waals surface area (Å²) >= 11 is 0. The van der Waals surface area contributed by atoms with Crippen molar-refractivity contribution in [1.82, 2.24) is 0 Å². The summed E-state index contributed by atoms with van der Waals surface area (Å²) in [6.45, 7) is 7.84. The van der Waals surface area contributed by atoms with E-state index >= 15 is 0 Å². The van der Waals surface area contributed by atoms with Gasteiger partial charge < -0.3 is 10.1 Å². The van der Waals surface area contributed by atoms with Crippen molar-refractivity contribution in [3.63, 3.8) is 0 Å². The third kappa shape index (κ3) is 7.48. The molecular weight excluding hydrogens is 264 g/mol. The maximum Gasteiger partial charge on any atom is 0.224 e. The van der Waals surface area contributed by atoms with Gasteiger partial charge >= 0.3 is 0 Å². The molecule has 114 valence electrons. The highest BCUT2D eigenvalue weighted by Gasteiger charge is 2.09. The van der Waals surface area contributed by atoms with E-state index in [1.807, 2.05) is 0 Å². The van der Waals surface area contributed by atoms with E-state index < -0.39 is 0 Å². The molecule has 0 aliphatic heterocycles. The predicted octanol–water partition coefficient (Wildman–Crippen LogP) is 3.73. The van der Waals surface area contributed by atoms with E-state index in [-0.39, 0.29) is 11.3 Å². The molecule has 0 heterocycles. The summed E-state index contributed by atoms with van der Waals surface area (Å²) in [7, 11) is 0. The second-order valence-electron chi connectivity index (χ2n) is 6.23. The van der Waals surface area contributed by atoms with E-state index in [1.54, 1.807) is 24.3 Å². The third-order valence-corrected chi connectivity index (χ3v) is 3.01. The van der Waals surface area contributed by atoms with Crippen molar-refractivity contribution in [2.45, 2.75) is 40.0 Å². The molecule has 0 aromatic heterocycles. The third-order valence-electron chi connectivity index (χ3n) is 3.01. The van der Waals surface area contributed by atoms with Crippen LogP contribution in [0.4, 0.5) is 5.69 Å². The van der Waals surface area contributed by atoms with Gasteiger partial charge in [-0.05, 0) is 30.4 Å². The molecule has 0 bridgehead atoms. The molecule has 21 heavy (non-hydrogen) atoms. The van der Waals surface area contributed by atoms with Crippen LogP contribution in [0.5, 0.6) is 0 Å². The zero-order valence-corrected chi connectivity index (χ0v) is 13.1. The van der Waals surface area contributed by atoms with Crippen molar-refractivity contribution < 1.29 is 9.53 Å². The van der Waals surface area contributed by atoms with Crippen molar-refractivity contribution in [1.29, 1.82) is 5.26 Å². The highest BCUT2D eigenvalue weighted by Crippen LogP contribution is 2.18. The van der Waals surface area contributed by atoms with Gasteiger partial charge in [-0.1, -0.05) is 32.9 Å². The molecule has 1 N–H and O–H groups in total. The highest BCUT2D eigenvalue weighted by molar-refractivity contribution is 5.92. The average Bonchev–Trinajstić information content (AvgIpc) is 2.42. The van der Waals surface area contributed by atoms with E-state index in [2.05, 4.69) is 32.2 Å². The summed E-state index contributed by atoms with van der Waals surface area (Å²) in [6.07, 6.45) is 2.09. The highest BCUT2D eigenvalue weighted by atomic mass is 16.5. The monoisotopic (exact) mass is 288 g/mol. The van der Waals surface area contributed by atoms with Crippen molar-refractivity contribution >= 4 is 11.6 Å². The molecule has 1 amide bonds. The minimum Gasteiger partial charge on any atom is -0.381 e. The quantitative estimate of drug-likeness (QED) is 0.778. The second-order valence-corrected chi connectivity index (χ2v) is 6.23. The Morgan fingerprint density at radius 3 is 2.67 bits per heavy atom. The fraction of sp³-hybridized carbons (Fsp3) is 0.529. The van der Waals surface area contributed by atoms with Gasteiger partial charge in [-0.25, -0.2) is 0 Å². The van der Waals surface area contributed by atoms with E-state index in [4.69, 9.17) is 10.00 Å². The second kappa shape index (κ2) is 8.43. The zero-order valence-electron chi connectivity index (χ0n) is 13.1. The smallest absolute Gasteiger partial charge is 0.224 e. The van der Waals surface area contributed by atoms with Gasteiger partial charge in [-0.15, -0.1) is 0 Å². The topological polar surface area (TPSA) is 62.1 Å². The lowest BCUT2D eigenvalue weighted by atomic mass is 9.93. The number of hydrogen-bond acceptors (Lipinski definition) is 3. The summed E-state index contributed by atoms with van der Waals surface area (Å²) in [5, 5.41) is 11.7. The number of hydrogen-bond donors (Lipinski definition) is 1. The Morgan fingerprint density at radius 1 is 1.29 bits per heavy atom. The SMILES string of the molecule is CC(C)(C)CCOCCCC(=O)Nc1ccccc1C#N.